The molecule has 0 bridgehead atoms. The van der Waals surface area contributed by atoms with Crippen LogP contribution in [0.25, 0.3) is 0 Å². The summed E-state index contributed by atoms with van der Waals surface area (Å²) < 4.78 is 10.7. The average molecular weight is 438 g/mol. The molecule has 0 spiro atoms. The number of carbonyl (C=O) groups excluding carboxylic acids is 2. The Labute approximate surface area is 186 Å². The Morgan fingerprint density at radius 3 is 2.41 bits per heavy atom. The number of oxazole rings is 1. The van der Waals surface area contributed by atoms with Crippen molar-refractivity contribution in [3.8, 4) is 11.6 Å². The first-order chi connectivity index (χ1) is 15.6. The molecule has 0 unspecified atom stereocenters. The van der Waals surface area contributed by atoms with Crippen LogP contribution in [0.2, 0.25) is 0 Å². The highest BCUT2D eigenvalue weighted by molar-refractivity contribution is 5.99. The van der Waals surface area contributed by atoms with Gasteiger partial charge in [-0.25, -0.2) is 4.79 Å². The summed E-state index contributed by atoms with van der Waals surface area (Å²) >= 11 is 0. The number of benzene rings is 2. The van der Waals surface area contributed by atoms with Crippen LogP contribution in [-0.2, 0) is 0 Å². The van der Waals surface area contributed by atoms with Crippen molar-refractivity contribution >= 4 is 23.6 Å². The second kappa shape index (κ2) is 11.5. The summed E-state index contributed by atoms with van der Waals surface area (Å²) in [5.41, 5.74) is 1.04. The van der Waals surface area contributed by atoms with Crippen molar-refractivity contribution in [1.82, 2.24) is 15.2 Å². The maximum absolute atomic E-state index is 12.2. The molecule has 0 saturated heterocycles. The molecule has 0 radical (unpaired) electrons. The van der Waals surface area contributed by atoms with Gasteiger partial charge < -0.3 is 24.7 Å². The minimum absolute atomic E-state index is 0.00219. The van der Waals surface area contributed by atoms with E-state index >= 15 is 0 Å². The largest absolute Gasteiger partial charge is 0.436 e. The first-order valence-corrected chi connectivity index (χ1v) is 10.4. The van der Waals surface area contributed by atoms with Crippen molar-refractivity contribution < 1.29 is 18.7 Å². The molecule has 0 saturated carbocycles. The summed E-state index contributed by atoms with van der Waals surface area (Å²) in [5, 5.41) is 8.05. The van der Waals surface area contributed by atoms with E-state index in [0.29, 0.717) is 23.5 Å². The van der Waals surface area contributed by atoms with Gasteiger partial charge in [-0.15, -0.1) is 0 Å². The predicted octanol–water partition coefficient (Wildman–Crippen LogP) is 4.18. The van der Waals surface area contributed by atoms with Gasteiger partial charge in [0.15, 0.2) is 6.26 Å². The molecule has 0 aliphatic carbocycles. The Bertz CT molecular complexity index is 1000. The van der Waals surface area contributed by atoms with E-state index in [4.69, 9.17) is 9.15 Å². The Balaban J connectivity index is 1.46. The van der Waals surface area contributed by atoms with Gasteiger partial charge in [-0.3, -0.25) is 10.1 Å². The van der Waals surface area contributed by atoms with Crippen LogP contribution in [0.4, 0.5) is 16.5 Å². The average Bonchev–Trinajstić information content (AvgIpc) is 3.24. The number of hydrogen-bond acceptors (Lipinski definition) is 6. The summed E-state index contributed by atoms with van der Waals surface area (Å²) in [6, 6.07) is 15.2. The van der Waals surface area contributed by atoms with Gasteiger partial charge in [0.1, 0.15) is 5.75 Å². The van der Waals surface area contributed by atoms with Gasteiger partial charge in [-0.1, -0.05) is 32.0 Å². The van der Waals surface area contributed by atoms with Crippen LogP contribution in [0.15, 0.2) is 65.3 Å². The number of amides is 3. The second-order valence-electron chi connectivity index (χ2n) is 6.85. The standard InChI is InChI=1S/C23H27N5O4/c1-3-28(4-2)15-14-24-21(29)17-10-12-18(13-11-17)25-22(30)27-23-26-20(16-31-23)32-19-8-6-5-7-9-19/h5-13,16H,3-4,14-15H2,1-2H3,(H,24,29)(H2,25,26,27,30). The molecule has 0 aliphatic heterocycles. The van der Waals surface area contributed by atoms with Gasteiger partial charge in [-0.2, -0.15) is 4.98 Å². The number of ether oxygens (including phenoxy) is 1. The first-order valence-electron chi connectivity index (χ1n) is 10.4. The van der Waals surface area contributed by atoms with Gasteiger partial charge in [0.2, 0.25) is 0 Å². The highest BCUT2D eigenvalue weighted by Gasteiger charge is 2.11. The third kappa shape index (κ3) is 6.85. The molecule has 1 aromatic heterocycles. The number of rotatable bonds is 10. The van der Waals surface area contributed by atoms with Crippen LogP contribution in [0, 0.1) is 0 Å². The summed E-state index contributed by atoms with van der Waals surface area (Å²) in [6.07, 6.45) is 1.30. The fraction of sp³-hybridized carbons (Fsp3) is 0.261. The number of anilines is 2. The lowest BCUT2D eigenvalue weighted by Crippen LogP contribution is -2.34. The molecule has 2 aromatic carbocycles. The van der Waals surface area contributed by atoms with Crippen molar-refractivity contribution in [3.05, 3.63) is 66.4 Å². The summed E-state index contributed by atoms with van der Waals surface area (Å²) in [4.78, 5) is 30.7. The van der Waals surface area contributed by atoms with E-state index in [-0.39, 0.29) is 17.8 Å². The molecular formula is C23H27N5O4. The summed E-state index contributed by atoms with van der Waals surface area (Å²) in [6.45, 7) is 7.46. The van der Waals surface area contributed by atoms with E-state index in [1.54, 1.807) is 36.4 Å². The lowest BCUT2D eigenvalue weighted by atomic mass is 10.2. The van der Waals surface area contributed by atoms with Crippen molar-refractivity contribution in [2.45, 2.75) is 13.8 Å². The van der Waals surface area contributed by atoms with Gasteiger partial charge in [-0.05, 0) is 49.5 Å². The normalized spacial score (nSPS) is 10.6. The zero-order valence-corrected chi connectivity index (χ0v) is 18.1. The van der Waals surface area contributed by atoms with Crippen LogP contribution in [0.3, 0.4) is 0 Å². The molecule has 0 fully saturated rings. The predicted molar refractivity (Wildman–Crippen MR) is 122 cm³/mol. The lowest BCUT2D eigenvalue weighted by Gasteiger charge is -2.17. The molecule has 9 heteroatoms. The van der Waals surface area contributed by atoms with E-state index in [2.05, 4.69) is 39.7 Å². The Morgan fingerprint density at radius 1 is 1.00 bits per heavy atom. The molecule has 3 rings (SSSR count). The highest BCUT2D eigenvalue weighted by Crippen LogP contribution is 2.22. The number of para-hydroxylation sites is 1. The monoisotopic (exact) mass is 437 g/mol. The van der Waals surface area contributed by atoms with Crippen molar-refractivity contribution in [1.29, 1.82) is 0 Å². The van der Waals surface area contributed by atoms with Crippen LogP contribution < -0.4 is 20.7 Å². The Hall–Kier alpha value is -3.85. The minimum atomic E-state index is -0.533. The topological polar surface area (TPSA) is 109 Å². The quantitative estimate of drug-likeness (QED) is 0.439. The fourth-order valence-electron chi connectivity index (χ4n) is 2.91. The number of nitrogens with one attached hydrogen (secondary N) is 3. The van der Waals surface area contributed by atoms with E-state index in [9.17, 15) is 9.59 Å². The third-order valence-corrected chi connectivity index (χ3v) is 4.68. The van der Waals surface area contributed by atoms with Crippen LogP contribution in [0.5, 0.6) is 11.6 Å². The molecule has 3 aromatic rings. The number of aromatic nitrogens is 1. The Morgan fingerprint density at radius 2 is 1.72 bits per heavy atom. The van der Waals surface area contributed by atoms with Crippen LogP contribution in [0.1, 0.15) is 24.2 Å². The van der Waals surface area contributed by atoms with Gasteiger partial charge in [0.05, 0.1) is 0 Å². The van der Waals surface area contributed by atoms with Crippen molar-refractivity contribution in [2.75, 3.05) is 36.8 Å². The van der Waals surface area contributed by atoms with E-state index in [1.165, 1.54) is 6.26 Å². The molecule has 3 amide bonds. The van der Waals surface area contributed by atoms with Crippen molar-refractivity contribution in [2.24, 2.45) is 0 Å². The molecule has 168 valence electrons. The molecule has 1 heterocycles. The Kier molecular flexibility index (Phi) is 8.22. The molecule has 32 heavy (non-hydrogen) atoms. The third-order valence-electron chi connectivity index (χ3n) is 4.68. The number of hydrogen-bond donors (Lipinski definition) is 3. The maximum atomic E-state index is 12.2. The highest BCUT2D eigenvalue weighted by atomic mass is 16.5. The van der Waals surface area contributed by atoms with E-state index < -0.39 is 6.03 Å². The van der Waals surface area contributed by atoms with Crippen LogP contribution >= 0.6 is 0 Å². The van der Waals surface area contributed by atoms with E-state index in [0.717, 1.165) is 19.6 Å². The van der Waals surface area contributed by atoms with Crippen molar-refractivity contribution in [3.63, 3.8) is 0 Å². The molecule has 0 aliphatic rings. The number of likely N-dealkylation sites (N-methyl/N-ethyl adjacent to an activating group) is 1. The molecule has 9 nitrogen and oxygen atoms in total. The number of nitrogens with zero attached hydrogens (tertiary/aromatic N) is 2. The second-order valence-corrected chi connectivity index (χ2v) is 6.85. The fourth-order valence-corrected chi connectivity index (χ4v) is 2.91. The van der Waals surface area contributed by atoms with Crippen LogP contribution in [-0.4, -0.2) is 48.0 Å². The molecule has 3 N–H and O–H groups in total. The molecular weight excluding hydrogens is 410 g/mol. The van der Waals surface area contributed by atoms with Gasteiger partial charge >= 0.3 is 12.0 Å². The first kappa shape index (κ1) is 22.8. The van der Waals surface area contributed by atoms with Gasteiger partial charge in [0, 0.05) is 24.3 Å². The molecule has 0 atom stereocenters. The van der Waals surface area contributed by atoms with Gasteiger partial charge in [0.25, 0.3) is 11.8 Å². The number of carbonyl (C=O) groups is 2. The summed E-state index contributed by atoms with van der Waals surface area (Å²) in [5.74, 6) is 0.677. The SMILES string of the molecule is CCN(CC)CCNC(=O)c1ccc(NC(=O)Nc2nc(Oc3ccccc3)co2)cc1. The summed E-state index contributed by atoms with van der Waals surface area (Å²) in [7, 11) is 0. The maximum Gasteiger partial charge on any atom is 0.327 e. The lowest BCUT2D eigenvalue weighted by molar-refractivity contribution is 0.0949. The number of urea groups is 1. The minimum Gasteiger partial charge on any atom is -0.436 e. The zero-order chi connectivity index (χ0) is 22.8. The zero-order valence-electron chi connectivity index (χ0n) is 18.1. The smallest absolute Gasteiger partial charge is 0.327 e. The van der Waals surface area contributed by atoms with E-state index in [1.807, 2.05) is 18.2 Å².